The molecular weight excluding hydrogens is 378 g/mol. The molecule has 0 saturated heterocycles. The molecule has 1 aromatic carbocycles. The Labute approximate surface area is 164 Å². The van der Waals surface area contributed by atoms with Crippen molar-refractivity contribution in [3.05, 3.63) is 54.1 Å². The summed E-state index contributed by atoms with van der Waals surface area (Å²) in [6, 6.07) is 10.4. The fourth-order valence-corrected chi connectivity index (χ4v) is 3.75. The molecule has 0 spiro atoms. The van der Waals surface area contributed by atoms with E-state index in [0.717, 1.165) is 17.0 Å². The highest BCUT2D eigenvalue weighted by molar-refractivity contribution is 7.89. The molecule has 9 heteroatoms. The van der Waals surface area contributed by atoms with E-state index in [2.05, 4.69) is 15.3 Å². The maximum absolute atomic E-state index is 12.3. The molecule has 2 aromatic heterocycles. The first kappa shape index (κ1) is 20.0. The van der Waals surface area contributed by atoms with E-state index in [-0.39, 0.29) is 17.2 Å². The Bertz CT molecular complexity index is 1090. The van der Waals surface area contributed by atoms with Gasteiger partial charge in [0.1, 0.15) is 5.82 Å². The minimum atomic E-state index is -3.52. The number of hydrogen-bond acceptors (Lipinski definition) is 5. The Balaban J connectivity index is 1.69. The number of carbonyl (C=O) groups is 1. The van der Waals surface area contributed by atoms with Crippen LogP contribution in [0.15, 0.2) is 47.5 Å². The van der Waals surface area contributed by atoms with Gasteiger partial charge in [-0.05, 0) is 30.3 Å². The number of nitrogens with one attached hydrogen (secondary N) is 1. The largest absolute Gasteiger partial charge is 0.350 e. The predicted molar refractivity (Wildman–Crippen MR) is 106 cm³/mol. The Morgan fingerprint density at radius 1 is 1.21 bits per heavy atom. The van der Waals surface area contributed by atoms with Gasteiger partial charge < -0.3 is 9.88 Å². The molecule has 0 saturated carbocycles. The Kier molecular flexibility index (Phi) is 5.76. The molecule has 0 aliphatic carbocycles. The number of sulfonamides is 1. The van der Waals surface area contributed by atoms with Crippen molar-refractivity contribution in [1.82, 2.24) is 24.2 Å². The zero-order valence-corrected chi connectivity index (χ0v) is 16.9. The van der Waals surface area contributed by atoms with Crippen LogP contribution in [0.5, 0.6) is 0 Å². The van der Waals surface area contributed by atoms with Crippen LogP contribution in [0.25, 0.3) is 11.0 Å². The number of pyridine rings is 1. The van der Waals surface area contributed by atoms with E-state index in [9.17, 15) is 13.2 Å². The van der Waals surface area contributed by atoms with Crippen LogP contribution in [0.3, 0.4) is 0 Å². The van der Waals surface area contributed by atoms with Crippen molar-refractivity contribution in [1.29, 1.82) is 0 Å². The van der Waals surface area contributed by atoms with E-state index < -0.39 is 10.0 Å². The van der Waals surface area contributed by atoms with Crippen molar-refractivity contribution in [2.45, 2.75) is 24.3 Å². The molecule has 0 radical (unpaired) electrons. The third-order valence-electron chi connectivity index (χ3n) is 4.49. The highest BCUT2D eigenvalue weighted by Crippen LogP contribution is 2.21. The first-order valence-electron chi connectivity index (χ1n) is 8.83. The van der Waals surface area contributed by atoms with Gasteiger partial charge >= 0.3 is 0 Å². The van der Waals surface area contributed by atoms with Gasteiger partial charge in [-0.1, -0.05) is 6.07 Å². The van der Waals surface area contributed by atoms with Crippen LogP contribution < -0.4 is 5.32 Å². The molecule has 28 heavy (non-hydrogen) atoms. The van der Waals surface area contributed by atoms with Gasteiger partial charge in [-0.2, -0.15) is 0 Å². The number of aryl methyl sites for hydroxylation is 2. The summed E-state index contributed by atoms with van der Waals surface area (Å²) < 4.78 is 27.7. The quantitative estimate of drug-likeness (QED) is 0.647. The van der Waals surface area contributed by atoms with Gasteiger partial charge in [-0.3, -0.25) is 9.78 Å². The molecule has 3 aromatic rings. The monoisotopic (exact) mass is 401 g/mol. The maximum Gasteiger partial charge on any atom is 0.242 e. The van der Waals surface area contributed by atoms with E-state index >= 15 is 0 Å². The summed E-state index contributed by atoms with van der Waals surface area (Å²) in [7, 11) is 1.33. The van der Waals surface area contributed by atoms with Crippen LogP contribution >= 0.6 is 0 Å². The lowest BCUT2D eigenvalue weighted by atomic mass is 10.2. The number of rotatable bonds is 7. The van der Waals surface area contributed by atoms with Crippen molar-refractivity contribution < 1.29 is 13.2 Å². The van der Waals surface area contributed by atoms with Gasteiger partial charge in [-0.15, -0.1) is 0 Å². The predicted octanol–water partition coefficient (Wildman–Crippen LogP) is 1.47. The topological polar surface area (TPSA) is 97.2 Å². The number of nitrogens with zero attached hydrogens (tertiary/aromatic N) is 4. The van der Waals surface area contributed by atoms with Crippen LogP contribution in [0, 0.1) is 0 Å². The van der Waals surface area contributed by atoms with Crippen LogP contribution in [0.4, 0.5) is 0 Å². The van der Waals surface area contributed by atoms with Gasteiger partial charge in [0.25, 0.3) is 0 Å². The molecule has 0 fully saturated rings. The summed E-state index contributed by atoms with van der Waals surface area (Å²) in [4.78, 5) is 21.0. The summed E-state index contributed by atoms with van der Waals surface area (Å²) in [5.74, 6) is 0.635. The smallest absolute Gasteiger partial charge is 0.242 e. The normalized spacial score (nSPS) is 11.9. The van der Waals surface area contributed by atoms with Gasteiger partial charge in [0.2, 0.25) is 15.9 Å². The van der Waals surface area contributed by atoms with E-state index in [4.69, 9.17) is 0 Å². The number of benzene rings is 1. The van der Waals surface area contributed by atoms with Gasteiger partial charge in [-0.25, -0.2) is 17.7 Å². The van der Waals surface area contributed by atoms with Crippen LogP contribution in [0.1, 0.15) is 17.9 Å². The molecule has 0 atom stereocenters. The first-order valence-corrected chi connectivity index (χ1v) is 10.3. The summed E-state index contributed by atoms with van der Waals surface area (Å²) in [6.07, 6.45) is 2.42. The average Bonchev–Trinajstić information content (AvgIpc) is 3.00. The van der Waals surface area contributed by atoms with Crippen LogP contribution in [0.2, 0.25) is 0 Å². The second-order valence-corrected chi connectivity index (χ2v) is 8.77. The number of aromatic nitrogens is 3. The molecule has 1 amide bonds. The molecule has 1 N–H and O–H groups in total. The average molecular weight is 401 g/mol. The summed E-state index contributed by atoms with van der Waals surface area (Å²) >= 11 is 0. The molecule has 0 aliphatic rings. The second-order valence-electron chi connectivity index (χ2n) is 6.62. The van der Waals surface area contributed by atoms with Crippen molar-refractivity contribution in [2.24, 2.45) is 7.05 Å². The second kappa shape index (κ2) is 8.07. The SMILES string of the molecule is CN(C)S(=O)(=O)c1ccc2c(c1)nc(CCC(=O)NCc1ccccn1)n2C. The fourth-order valence-electron chi connectivity index (χ4n) is 2.83. The molecule has 0 unspecified atom stereocenters. The Hall–Kier alpha value is -2.78. The fraction of sp³-hybridized carbons (Fsp3) is 0.316. The van der Waals surface area contributed by atoms with Gasteiger partial charge in [0.15, 0.2) is 0 Å². The number of fused-ring (bicyclic) bond motifs is 1. The Morgan fingerprint density at radius 3 is 2.68 bits per heavy atom. The van der Waals surface area contributed by atoms with Crippen molar-refractivity contribution in [2.75, 3.05) is 14.1 Å². The highest BCUT2D eigenvalue weighted by Gasteiger charge is 2.19. The van der Waals surface area contributed by atoms with Crippen molar-refractivity contribution in [3.8, 4) is 0 Å². The van der Waals surface area contributed by atoms with E-state index in [1.165, 1.54) is 18.4 Å². The number of hydrogen-bond donors (Lipinski definition) is 1. The molecule has 8 nitrogen and oxygen atoms in total. The zero-order valence-electron chi connectivity index (χ0n) is 16.1. The first-order chi connectivity index (χ1) is 13.3. The number of carbonyl (C=O) groups excluding carboxylic acids is 1. The minimum absolute atomic E-state index is 0.0893. The lowest BCUT2D eigenvalue weighted by Crippen LogP contribution is -2.23. The standard InChI is InChI=1S/C19H23N5O3S/c1-23(2)28(26,27)15-7-8-17-16(12-15)22-18(24(17)3)9-10-19(25)21-13-14-6-4-5-11-20-14/h4-8,11-12H,9-10,13H2,1-3H3,(H,21,25). The lowest BCUT2D eigenvalue weighted by Gasteiger charge is -2.10. The number of amides is 1. The molecule has 0 aliphatic heterocycles. The van der Waals surface area contributed by atoms with Crippen LogP contribution in [-0.2, 0) is 34.8 Å². The van der Waals surface area contributed by atoms with Crippen molar-refractivity contribution in [3.63, 3.8) is 0 Å². The van der Waals surface area contributed by atoms with Crippen LogP contribution in [-0.4, -0.2) is 47.3 Å². The summed E-state index contributed by atoms with van der Waals surface area (Å²) in [5, 5.41) is 2.84. The molecule has 3 rings (SSSR count). The van der Waals surface area contributed by atoms with Crippen molar-refractivity contribution >= 4 is 27.0 Å². The Morgan fingerprint density at radius 2 is 2.00 bits per heavy atom. The summed E-state index contributed by atoms with van der Waals surface area (Å²) in [6.45, 7) is 0.383. The highest BCUT2D eigenvalue weighted by atomic mass is 32.2. The zero-order chi connectivity index (χ0) is 20.3. The lowest BCUT2D eigenvalue weighted by molar-refractivity contribution is -0.121. The van der Waals surface area contributed by atoms with E-state index in [0.29, 0.717) is 18.5 Å². The van der Waals surface area contributed by atoms with Gasteiger partial charge in [0, 0.05) is 40.2 Å². The molecule has 0 bridgehead atoms. The minimum Gasteiger partial charge on any atom is -0.350 e. The number of imidazole rings is 1. The molecule has 148 valence electrons. The maximum atomic E-state index is 12.3. The third-order valence-corrected chi connectivity index (χ3v) is 6.30. The molecular formula is C19H23N5O3S. The third kappa shape index (κ3) is 4.20. The summed E-state index contributed by atoms with van der Waals surface area (Å²) in [5.41, 5.74) is 2.21. The molecule has 2 heterocycles. The van der Waals surface area contributed by atoms with E-state index in [1.807, 2.05) is 29.8 Å². The van der Waals surface area contributed by atoms with E-state index in [1.54, 1.807) is 24.4 Å². The van der Waals surface area contributed by atoms with Gasteiger partial charge in [0.05, 0.1) is 28.2 Å².